The summed E-state index contributed by atoms with van der Waals surface area (Å²) in [6.45, 7) is 12.5. The van der Waals surface area contributed by atoms with Crippen LogP contribution in [0.5, 0.6) is 0 Å². The summed E-state index contributed by atoms with van der Waals surface area (Å²) in [4.78, 5) is 14.4. The minimum Gasteiger partial charge on any atom is -0.352 e. The minimum absolute atomic E-state index is 0.00789. The molecular formula is C14H29N3O. The van der Waals surface area contributed by atoms with Gasteiger partial charge < -0.3 is 10.6 Å². The van der Waals surface area contributed by atoms with Gasteiger partial charge in [-0.3, -0.25) is 9.69 Å². The summed E-state index contributed by atoms with van der Waals surface area (Å²) in [5.41, 5.74) is 0. The monoisotopic (exact) mass is 255 g/mol. The minimum atomic E-state index is -0.00789. The molecule has 0 radical (unpaired) electrons. The zero-order valence-corrected chi connectivity index (χ0v) is 12.3. The van der Waals surface area contributed by atoms with Gasteiger partial charge in [0.15, 0.2) is 0 Å². The van der Waals surface area contributed by atoms with Crippen molar-refractivity contribution in [3.05, 3.63) is 0 Å². The van der Waals surface area contributed by atoms with E-state index >= 15 is 0 Å². The van der Waals surface area contributed by atoms with E-state index in [0.717, 1.165) is 32.6 Å². The van der Waals surface area contributed by atoms with Crippen LogP contribution < -0.4 is 10.6 Å². The summed E-state index contributed by atoms with van der Waals surface area (Å²) in [6, 6.07) is 0.268. The molecule has 0 spiro atoms. The Bertz CT molecular complexity index is 251. The first kappa shape index (κ1) is 15.4. The van der Waals surface area contributed by atoms with Crippen molar-refractivity contribution in [3.8, 4) is 0 Å². The maximum Gasteiger partial charge on any atom is 0.237 e. The Morgan fingerprint density at radius 3 is 2.44 bits per heavy atom. The van der Waals surface area contributed by atoms with Gasteiger partial charge in [-0.25, -0.2) is 0 Å². The fourth-order valence-corrected chi connectivity index (χ4v) is 2.43. The van der Waals surface area contributed by atoms with Crippen LogP contribution in [-0.4, -0.2) is 49.1 Å². The Labute approximate surface area is 111 Å². The van der Waals surface area contributed by atoms with E-state index in [-0.39, 0.29) is 18.0 Å². The molecule has 0 aromatic rings. The molecule has 4 heteroatoms. The normalized spacial score (nSPS) is 22.2. The molecule has 0 aromatic carbocycles. The molecule has 1 fully saturated rings. The van der Waals surface area contributed by atoms with E-state index in [1.165, 1.54) is 6.42 Å². The summed E-state index contributed by atoms with van der Waals surface area (Å²) in [7, 11) is 0. The summed E-state index contributed by atoms with van der Waals surface area (Å²) >= 11 is 0. The maximum atomic E-state index is 12.1. The van der Waals surface area contributed by atoms with Crippen molar-refractivity contribution in [2.45, 2.75) is 52.6 Å². The molecule has 0 aromatic heterocycles. The fourth-order valence-electron chi connectivity index (χ4n) is 2.43. The van der Waals surface area contributed by atoms with Crippen molar-refractivity contribution < 1.29 is 4.79 Å². The molecule has 3 unspecified atom stereocenters. The van der Waals surface area contributed by atoms with Crippen molar-refractivity contribution in [1.82, 2.24) is 15.5 Å². The lowest BCUT2D eigenvalue weighted by molar-refractivity contribution is -0.126. The van der Waals surface area contributed by atoms with Crippen LogP contribution in [0, 0.1) is 5.92 Å². The molecule has 1 aliphatic rings. The van der Waals surface area contributed by atoms with Crippen LogP contribution in [0.4, 0.5) is 0 Å². The molecule has 18 heavy (non-hydrogen) atoms. The number of amides is 1. The van der Waals surface area contributed by atoms with E-state index in [1.54, 1.807) is 0 Å². The summed E-state index contributed by atoms with van der Waals surface area (Å²) < 4.78 is 0. The number of carbonyl (C=O) groups is 1. The van der Waals surface area contributed by atoms with Gasteiger partial charge in [0, 0.05) is 32.2 Å². The van der Waals surface area contributed by atoms with Gasteiger partial charge in [-0.05, 0) is 26.2 Å². The topological polar surface area (TPSA) is 44.4 Å². The van der Waals surface area contributed by atoms with Gasteiger partial charge in [-0.1, -0.05) is 20.3 Å². The highest BCUT2D eigenvalue weighted by Crippen LogP contribution is 2.10. The van der Waals surface area contributed by atoms with E-state index < -0.39 is 0 Å². The molecular weight excluding hydrogens is 226 g/mol. The van der Waals surface area contributed by atoms with E-state index in [9.17, 15) is 4.79 Å². The van der Waals surface area contributed by atoms with Crippen molar-refractivity contribution in [2.75, 3.05) is 26.2 Å². The number of carbonyl (C=O) groups excluding carboxylic acids is 1. The lowest BCUT2D eigenvalue weighted by Crippen LogP contribution is -2.53. The third kappa shape index (κ3) is 4.94. The van der Waals surface area contributed by atoms with Gasteiger partial charge in [0.1, 0.15) is 0 Å². The molecule has 0 bridgehead atoms. The molecule has 2 N–H and O–H groups in total. The first-order valence-electron chi connectivity index (χ1n) is 7.29. The van der Waals surface area contributed by atoms with Gasteiger partial charge in [0.05, 0.1) is 6.04 Å². The van der Waals surface area contributed by atoms with Crippen LogP contribution in [0.1, 0.15) is 40.5 Å². The molecule has 0 aliphatic carbocycles. The van der Waals surface area contributed by atoms with Gasteiger partial charge >= 0.3 is 0 Å². The summed E-state index contributed by atoms with van der Waals surface area (Å²) in [5.74, 6) is 0.850. The first-order valence-corrected chi connectivity index (χ1v) is 7.29. The quantitative estimate of drug-likeness (QED) is 0.750. The maximum absolute atomic E-state index is 12.1. The predicted molar refractivity (Wildman–Crippen MR) is 75.6 cm³/mol. The average Bonchev–Trinajstić information content (AvgIpc) is 2.38. The van der Waals surface area contributed by atoms with E-state index in [1.807, 2.05) is 6.92 Å². The molecule has 1 aliphatic heterocycles. The third-order valence-corrected chi connectivity index (χ3v) is 3.92. The summed E-state index contributed by atoms with van der Waals surface area (Å²) in [6.07, 6.45) is 2.24. The lowest BCUT2D eigenvalue weighted by atomic mass is 10.00. The van der Waals surface area contributed by atoms with Crippen LogP contribution in [0.2, 0.25) is 0 Å². The number of piperazine rings is 1. The van der Waals surface area contributed by atoms with Crippen LogP contribution in [-0.2, 0) is 4.79 Å². The number of nitrogens with one attached hydrogen (secondary N) is 2. The SMILES string of the molecule is CCC(C)CC(C)NC(=O)C(C)N1CCNCC1. The summed E-state index contributed by atoms with van der Waals surface area (Å²) in [5, 5.41) is 6.45. The van der Waals surface area contributed by atoms with E-state index in [4.69, 9.17) is 0 Å². The number of hydrogen-bond donors (Lipinski definition) is 2. The molecule has 4 nitrogen and oxygen atoms in total. The Kier molecular flexibility index (Phi) is 6.65. The Morgan fingerprint density at radius 2 is 1.89 bits per heavy atom. The number of nitrogens with zero attached hydrogens (tertiary/aromatic N) is 1. The van der Waals surface area contributed by atoms with Crippen molar-refractivity contribution >= 4 is 5.91 Å². The van der Waals surface area contributed by atoms with Gasteiger partial charge in [0.2, 0.25) is 5.91 Å². The molecule has 0 saturated carbocycles. The van der Waals surface area contributed by atoms with Gasteiger partial charge in [-0.2, -0.15) is 0 Å². The average molecular weight is 255 g/mol. The third-order valence-electron chi connectivity index (χ3n) is 3.92. The Morgan fingerprint density at radius 1 is 1.28 bits per heavy atom. The number of hydrogen-bond acceptors (Lipinski definition) is 3. The van der Waals surface area contributed by atoms with Crippen molar-refractivity contribution in [1.29, 1.82) is 0 Å². The molecule has 1 saturated heterocycles. The molecule has 1 amide bonds. The van der Waals surface area contributed by atoms with Crippen LogP contribution in [0.3, 0.4) is 0 Å². The molecule has 3 atom stereocenters. The van der Waals surface area contributed by atoms with Crippen molar-refractivity contribution in [3.63, 3.8) is 0 Å². The fraction of sp³-hybridized carbons (Fsp3) is 0.929. The zero-order chi connectivity index (χ0) is 13.5. The Hall–Kier alpha value is -0.610. The highest BCUT2D eigenvalue weighted by atomic mass is 16.2. The predicted octanol–water partition coefficient (Wildman–Crippen LogP) is 1.22. The van der Waals surface area contributed by atoms with Gasteiger partial charge in [-0.15, -0.1) is 0 Å². The highest BCUT2D eigenvalue weighted by Gasteiger charge is 2.23. The molecule has 106 valence electrons. The van der Waals surface area contributed by atoms with Crippen LogP contribution in [0.15, 0.2) is 0 Å². The zero-order valence-electron chi connectivity index (χ0n) is 12.3. The van der Waals surface area contributed by atoms with Crippen LogP contribution >= 0.6 is 0 Å². The van der Waals surface area contributed by atoms with Gasteiger partial charge in [0.25, 0.3) is 0 Å². The second kappa shape index (κ2) is 7.74. The second-order valence-corrected chi connectivity index (χ2v) is 5.62. The number of rotatable bonds is 6. The highest BCUT2D eigenvalue weighted by molar-refractivity contribution is 5.81. The smallest absolute Gasteiger partial charge is 0.237 e. The molecule has 1 rings (SSSR count). The van der Waals surface area contributed by atoms with Crippen LogP contribution in [0.25, 0.3) is 0 Å². The largest absolute Gasteiger partial charge is 0.352 e. The standard InChI is InChI=1S/C14H29N3O/c1-5-11(2)10-12(3)16-14(18)13(4)17-8-6-15-7-9-17/h11-13,15H,5-10H2,1-4H3,(H,16,18). The van der Waals surface area contributed by atoms with E-state index in [0.29, 0.717) is 5.92 Å². The second-order valence-electron chi connectivity index (χ2n) is 5.62. The lowest BCUT2D eigenvalue weighted by Gasteiger charge is -2.32. The Balaban J connectivity index is 2.34. The molecule has 1 heterocycles. The van der Waals surface area contributed by atoms with Crippen molar-refractivity contribution in [2.24, 2.45) is 5.92 Å². The van der Waals surface area contributed by atoms with E-state index in [2.05, 4.69) is 36.3 Å². The first-order chi connectivity index (χ1) is 8.54.